The van der Waals surface area contributed by atoms with Crippen molar-refractivity contribution in [2.45, 2.75) is 19.7 Å². The number of aliphatic hydroxyl groups is 1. The molecule has 26 heavy (non-hydrogen) atoms. The first-order valence-electron chi connectivity index (χ1n) is 8.30. The molecule has 0 aliphatic heterocycles. The van der Waals surface area contributed by atoms with Crippen molar-refractivity contribution < 1.29 is 14.2 Å². The van der Waals surface area contributed by atoms with Crippen LogP contribution < -0.4 is 10.2 Å². The van der Waals surface area contributed by atoms with E-state index in [1.165, 1.54) is 6.07 Å². The van der Waals surface area contributed by atoms with Crippen molar-refractivity contribution >= 4 is 41.6 Å². The maximum absolute atomic E-state index is 13.8. The number of aliphatic hydroxyl groups excluding tert-OH is 1. The van der Waals surface area contributed by atoms with Crippen LogP contribution in [0, 0.1) is 5.92 Å². The van der Waals surface area contributed by atoms with Crippen LogP contribution in [0.1, 0.15) is 25.3 Å². The smallest absolute Gasteiger partial charge is 0.264 e. The summed E-state index contributed by atoms with van der Waals surface area (Å²) in [4.78, 5) is 1.94. The number of rotatable bonds is 7. The lowest BCUT2D eigenvalue weighted by atomic mass is 10.2. The Morgan fingerprint density at radius 1 is 1.12 bits per heavy atom. The van der Waals surface area contributed by atoms with Crippen molar-refractivity contribution in [3.63, 3.8) is 0 Å². The van der Waals surface area contributed by atoms with Crippen LogP contribution in [0.3, 0.4) is 0 Å². The molecule has 0 fully saturated rings. The van der Waals surface area contributed by atoms with Gasteiger partial charge in [0.05, 0.1) is 6.61 Å². The molecule has 142 valence electrons. The molecule has 0 saturated carbocycles. The molecule has 0 unspecified atom stereocenters. The Morgan fingerprint density at radius 2 is 1.73 bits per heavy atom. The zero-order chi connectivity index (χ0) is 19.5. The number of halogens is 2. The van der Waals surface area contributed by atoms with E-state index in [2.05, 4.69) is 0 Å². The molecule has 2 atom stereocenters. The van der Waals surface area contributed by atoms with Crippen LogP contribution in [0.2, 0.25) is 10.0 Å². The molecule has 0 saturated heterocycles. The minimum absolute atomic E-state index is 0.164. The van der Waals surface area contributed by atoms with E-state index in [1.54, 1.807) is 24.3 Å². The molecule has 0 bridgehead atoms. The van der Waals surface area contributed by atoms with E-state index in [9.17, 15) is 9.67 Å². The average Bonchev–Trinajstić information content (AvgIpc) is 2.59. The second-order valence-corrected chi connectivity index (χ2v) is 10.0. The van der Waals surface area contributed by atoms with Gasteiger partial charge in [-0.05, 0) is 42.3 Å². The van der Waals surface area contributed by atoms with Crippen LogP contribution in [0.5, 0.6) is 0 Å². The molecule has 2 aromatic carbocycles. The fourth-order valence-electron chi connectivity index (χ4n) is 2.40. The van der Waals surface area contributed by atoms with Gasteiger partial charge in [-0.3, -0.25) is 4.57 Å². The van der Waals surface area contributed by atoms with Crippen LogP contribution >= 0.6 is 30.6 Å². The van der Waals surface area contributed by atoms with E-state index in [0.717, 1.165) is 5.69 Å². The first-order chi connectivity index (χ1) is 12.1. The molecule has 2 aromatic rings. The molecule has 0 radical (unpaired) electrons. The van der Waals surface area contributed by atoms with E-state index in [4.69, 9.17) is 27.7 Å². The fourth-order valence-corrected chi connectivity index (χ4v) is 5.23. The summed E-state index contributed by atoms with van der Waals surface area (Å²) in [5.41, 5.74) is 1.29. The Morgan fingerprint density at radius 3 is 2.23 bits per heavy atom. The van der Waals surface area contributed by atoms with Crippen LogP contribution in [-0.2, 0) is 9.09 Å². The zero-order valence-corrected chi connectivity index (χ0v) is 17.7. The highest BCUT2D eigenvalue weighted by Gasteiger charge is 2.37. The maximum atomic E-state index is 13.8. The van der Waals surface area contributed by atoms with E-state index >= 15 is 0 Å². The summed E-state index contributed by atoms with van der Waals surface area (Å²) >= 11 is 12.2. The lowest BCUT2D eigenvalue weighted by Crippen LogP contribution is -2.17. The Balaban J connectivity index is 2.48. The van der Waals surface area contributed by atoms with Crippen molar-refractivity contribution in [3.8, 4) is 0 Å². The third-order valence-corrected chi connectivity index (χ3v) is 6.92. The van der Waals surface area contributed by atoms with Crippen LogP contribution in [0.15, 0.2) is 42.5 Å². The van der Waals surface area contributed by atoms with Gasteiger partial charge in [0.25, 0.3) is 7.37 Å². The van der Waals surface area contributed by atoms with Crippen LogP contribution in [0.4, 0.5) is 5.69 Å². The summed E-state index contributed by atoms with van der Waals surface area (Å²) < 4.78 is 19.5. The van der Waals surface area contributed by atoms with Gasteiger partial charge in [-0.25, -0.2) is 0 Å². The van der Waals surface area contributed by atoms with Crippen molar-refractivity contribution in [1.29, 1.82) is 0 Å². The lowest BCUT2D eigenvalue weighted by molar-refractivity contribution is 0.203. The summed E-state index contributed by atoms with van der Waals surface area (Å²) in [7, 11) is 0.224. The second-order valence-electron chi connectivity index (χ2n) is 6.74. The number of hydrogen-bond acceptors (Lipinski definition) is 4. The van der Waals surface area contributed by atoms with Crippen LogP contribution in [0.25, 0.3) is 0 Å². The van der Waals surface area contributed by atoms with Crippen molar-refractivity contribution in [2.75, 3.05) is 25.6 Å². The highest BCUT2D eigenvalue weighted by Crippen LogP contribution is 2.59. The van der Waals surface area contributed by atoms with Crippen molar-refractivity contribution in [2.24, 2.45) is 5.92 Å². The number of benzene rings is 2. The first-order valence-corrected chi connectivity index (χ1v) is 10.8. The van der Waals surface area contributed by atoms with E-state index in [0.29, 0.717) is 15.9 Å². The summed E-state index contributed by atoms with van der Waals surface area (Å²) in [6.07, 6.45) is 0. The second kappa shape index (κ2) is 8.77. The fraction of sp³-hybridized carbons (Fsp3) is 0.368. The third kappa shape index (κ3) is 4.82. The third-order valence-electron chi connectivity index (χ3n) is 3.89. The molecule has 7 heteroatoms. The highest BCUT2D eigenvalue weighted by atomic mass is 35.5. The van der Waals surface area contributed by atoms with Gasteiger partial charge in [0.15, 0.2) is 5.85 Å². The SMILES string of the molecule is CC(C)CO[P@](=O)(c1ccc(N(C)C)cc1)[C@@H](O)c1ccc(Cl)cc1Cl. The summed E-state index contributed by atoms with van der Waals surface area (Å²) in [6, 6.07) is 11.8. The quantitative estimate of drug-likeness (QED) is 0.621. The van der Waals surface area contributed by atoms with Gasteiger partial charge in [-0.1, -0.05) is 43.1 Å². The minimum atomic E-state index is -3.62. The van der Waals surface area contributed by atoms with E-state index < -0.39 is 13.2 Å². The van der Waals surface area contributed by atoms with E-state index in [-0.39, 0.29) is 17.5 Å². The topological polar surface area (TPSA) is 49.8 Å². The molecule has 4 nitrogen and oxygen atoms in total. The predicted molar refractivity (Wildman–Crippen MR) is 110 cm³/mol. The van der Waals surface area contributed by atoms with Gasteiger partial charge in [0.1, 0.15) is 0 Å². The molecule has 0 heterocycles. The van der Waals surface area contributed by atoms with Gasteiger partial charge in [0.2, 0.25) is 0 Å². The molecule has 0 aliphatic carbocycles. The molecule has 0 spiro atoms. The standard InChI is InChI=1S/C19H24Cl2NO3P/c1-13(2)12-25-26(24,16-8-6-15(7-9-16)22(3)4)19(23)17-10-5-14(20)11-18(17)21/h5-11,13,19,23H,12H2,1-4H3/t19-,26-/m1/s1. The molecular formula is C19H24Cl2NO3P. The van der Waals surface area contributed by atoms with Crippen LogP contribution in [-0.4, -0.2) is 25.8 Å². The van der Waals surface area contributed by atoms with Crippen molar-refractivity contribution in [1.82, 2.24) is 0 Å². The molecule has 0 aromatic heterocycles. The van der Waals surface area contributed by atoms with Gasteiger partial charge >= 0.3 is 0 Å². The number of anilines is 1. The Kier molecular flexibility index (Phi) is 7.18. The zero-order valence-electron chi connectivity index (χ0n) is 15.3. The summed E-state index contributed by atoms with van der Waals surface area (Å²) in [5.74, 6) is -1.21. The van der Waals surface area contributed by atoms with Gasteiger partial charge < -0.3 is 14.5 Å². The predicted octanol–water partition coefficient (Wildman–Crippen LogP) is 5.33. The van der Waals surface area contributed by atoms with Gasteiger partial charge in [0, 0.05) is 40.7 Å². The minimum Gasteiger partial charge on any atom is -0.378 e. The number of hydrogen-bond donors (Lipinski definition) is 1. The molecular weight excluding hydrogens is 392 g/mol. The number of nitrogens with zero attached hydrogens (tertiary/aromatic N) is 1. The highest BCUT2D eigenvalue weighted by molar-refractivity contribution is 7.67. The normalized spacial score (nSPS) is 14.9. The van der Waals surface area contributed by atoms with Crippen molar-refractivity contribution in [3.05, 3.63) is 58.1 Å². The van der Waals surface area contributed by atoms with E-state index in [1.807, 2.05) is 45.0 Å². The largest absolute Gasteiger partial charge is 0.378 e. The molecule has 1 N–H and O–H groups in total. The van der Waals surface area contributed by atoms with Gasteiger partial charge in [-0.15, -0.1) is 0 Å². The Labute approximate surface area is 165 Å². The molecule has 0 aliphatic rings. The average molecular weight is 416 g/mol. The summed E-state index contributed by atoms with van der Waals surface area (Å²) in [6.45, 7) is 4.18. The summed E-state index contributed by atoms with van der Waals surface area (Å²) in [5, 5.41) is 12.1. The Bertz CT molecular complexity index is 794. The molecule has 0 amide bonds. The first kappa shape index (κ1) is 21.3. The maximum Gasteiger partial charge on any atom is 0.264 e. The molecule has 2 rings (SSSR count). The van der Waals surface area contributed by atoms with Gasteiger partial charge in [-0.2, -0.15) is 0 Å². The lowest BCUT2D eigenvalue weighted by Gasteiger charge is -2.26. The monoisotopic (exact) mass is 415 g/mol. The Hall–Kier alpha value is -1.03.